The summed E-state index contributed by atoms with van der Waals surface area (Å²) in [6.45, 7) is 0. The van der Waals surface area contributed by atoms with Gasteiger partial charge in [-0.15, -0.1) is 0 Å². The topological polar surface area (TPSA) is 51.8 Å². The highest BCUT2D eigenvalue weighted by atomic mass is 16.3. The molecule has 0 aliphatic heterocycles. The molecule has 9 aromatic carbocycles. The molecule has 2 aliphatic carbocycles. The van der Waals surface area contributed by atoms with Crippen molar-refractivity contribution in [2.75, 3.05) is 0 Å². The number of hydrogen-bond acceptors (Lipinski definition) is 4. The molecule has 13 rings (SSSR count). The number of benzene rings is 9. The fourth-order valence-electron chi connectivity index (χ4n) is 10.4. The van der Waals surface area contributed by atoms with E-state index >= 15 is 0 Å². The number of aromatic nitrogens is 3. The summed E-state index contributed by atoms with van der Waals surface area (Å²) in [4.78, 5) is 15.5. The van der Waals surface area contributed by atoms with Crippen LogP contribution in [0.5, 0.6) is 0 Å². The summed E-state index contributed by atoms with van der Waals surface area (Å²) in [6.07, 6.45) is 0. The van der Waals surface area contributed by atoms with E-state index < -0.39 is 5.41 Å². The fourth-order valence-corrected chi connectivity index (χ4v) is 10.4. The van der Waals surface area contributed by atoms with Crippen LogP contribution in [-0.2, 0) is 5.41 Å². The van der Waals surface area contributed by atoms with Gasteiger partial charge in [-0.3, -0.25) is 0 Å². The lowest BCUT2D eigenvalue weighted by molar-refractivity contribution is 0.670. The van der Waals surface area contributed by atoms with E-state index in [1.807, 2.05) is 36.4 Å². The van der Waals surface area contributed by atoms with Crippen molar-refractivity contribution in [2.24, 2.45) is 0 Å². The van der Waals surface area contributed by atoms with Crippen molar-refractivity contribution in [3.8, 4) is 78.7 Å². The zero-order valence-electron chi connectivity index (χ0n) is 33.5. The Kier molecular flexibility index (Phi) is 7.49. The predicted octanol–water partition coefficient (Wildman–Crippen LogP) is 14.4. The van der Waals surface area contributed by atoms with Crippen LogP contribution in [0.3, 0.4) is 0 Å². The fraction of sp³-hybridized carbons (Fsp3) is 0.0172. The third kappa shape index (κ3) is 4.92. The van der Waals surface area contributed by atoms with E-state index in [2.05, 4.69) is 176 Å². The molecule has 0 saturated carbocycles. The van der Waals surface area contributed by atoms with Gasteiger partial charge in [0.1, 0.15) is 11.2 Å². The van der Waals surface area contributed by atoms with Gasteiger partial charge < -0.3 is 4.42 Å². The molecule has 0 bridgehead atoms. The van der Waals surface area contributed by atoms with Crippen molar-refractivity contribution in [3.63, 3.8) is 0 Å². The summed E-state index contributed by atoms with van der Waals surface area (Å²) >= 11 is 0. The minimum Gasteiger partial charge on any atom is -0.455 e. The molecule has 0 radical (unpaired) electrons. The highest BCUT2D eigenvalue weighted by Gasteiger charge is 2.51. The van der Waals surface area contributed by atoms with Gasteiger partial charge in [-0.2, -0.15) is 0 Å². The maximum atomic E-state index is 6.51. The Labute approximate surface area is 358 Å². The Bertz CT molecular complexity index is 3540. The van der Waals surface area contributed by atoms with Crippen LogP contribution in [-0.4, -0.2) is 15.0 Å². The molecule has 2 aromatic heterocycles. The smallest absolute Gasteiger partial charge is 0.164 e. The quantitative estimate of drug-likeness (QED) is 0.174. The summed E-state index contributed by atoms with van der Waals surface area (Å²) in [6, 6.07) is 75.5. The van der Waals surface area contributed by atoms with E-state index in [1.54, 1.807) is 0 Å². The molecular formula is C58H35N3O. The summed E-state index contributed by atoms with van der Waals surface area (Å²) in [5, 5.41) is 2.17. The molecule has 0 amide bonds. The van der Waals surface area contributed by atoms with E-state index in [0.29, 0.717) is 17.5 Å². The maximum absolute atomic E-state index is 6.51. The van der Waals surface area contributed by atoms with Gasteiger partial charge in [0.05, 0.1) is 5.41 Å². The minimum absolute atomic E-state index is 0.392. The number of furan rings is 1. The Balaban J connectivity index is 0.957. The highest BCUT2D eigenvalue weighted by Crippen LogP contribution is 2.64. The normalized spacial score (nSPS) is 13.0. The monoisotopic (exact) mass is 789 g/mol. The van der Waals surface area contributed by atoms with Crippen LogP contribution in [0.1, 0.15) is 22.3 Å². The Morgan fingerprint density at radius 1 is 0.290 bits per heavy atom. The summed E-state index contributed by atoms with van der Waals surface area (Å²) in [5.74, 6) is 1.83. The minimum atomic E-state index is -0.392. The van der Waals surface area contributed by atoms with Gasteiger partial charge in [-0.05, 0) is 67.3 Å². The lowest BCUT2D eigenvalue weighted by atomic mass is 9.70. The molecule has 2 aliphatic rings. The first-order valence-electron chi connectivity index (χ1n) is 21.1. The van der Waals surface area contributed by atoms with E-state index in [9.17, 15) is 0 Å². The van der Waals surface area contributed by atoms with Crippen LogP contribution in [0, 0.1) is 0 Å². The van der Waals surface area contributed by atoms with Gasteiger partial charge in [-0.25, -0.2) is 15.0 Å². The first-order chi connectivity index (χ1) is 30.8. The first kappa shape index (κ1) is 34.6. The molecular weight excluding hydrogens is 755 g/mol. The molecule has 0 unspecified atom stereocenters. The molecule has 0 N–H and O–H groups in total. The molecule has 62 heavy (non-hydrogen) atoms. The van der Waals surface area contributed by atoms with Gasteiger partial charge in [0.25, 0.3) is 0 Å². The van der Waals surface area contributed by atoms with Gasteiger partial charge in [-0.1, -0.05) is 206 Å². The van der Waals surface area contributed by atoms with Crippen molar-refractivity contribution in [1.29, 1.82) is 0 Å². The number of hydrogen-bond donors (Lipinski definition) is 0. The SMILES string of the molecule is c1ccc(-c2nc(-c3ccc(-c4cccc5c4-c4ccccc4C54c5ccccc5-c5ccccc54)cc3)nc(-c3ccccc3-c3cccc4c3oc3ccccc34)n2)cc1. The van der Waals surface area contributed by atoms with E-state index in [0.717, 1.165) is 55.3 Å². The molecule has 288 valence electrons. The average molecular weight is 790 g/mol. The molecule has 1 spiro atoms. The zero-order chi connectivity index (χ0) is 40.8. The van der Waals surface area contributed by atoms with Crippen molar-refractivity contribution in [1.82, 2.24) is 15.0 Å². The van der Waals surface area contributed by atoms with Crippen molar-refractivity contribution in [2.45, 2.75) is 5.41 Å². The van der Waals surface area contributed by atoms with Crippen LogP contribution in [0.15, 0.2) is 217 Å². The van der Waals surface area contributed by atoms with E-state index in [-0.39, 0.29) is 0 Å². The van der Waals surface area contributed by atoms with E-state index in [4.69, 9.17) is 19.4 Å². The van der Waals surface area contributed by atoms with Crippen LogP contribution in [0.2, 0.25) is 0 Å². The van der Waals surface area contributed by atoms with E-state index in [1.165, 1.54) is 50.1 Å². The number of rotatable bonds is 5. The number of nitrogens with zero attached hydrogens (tertiary/aromatic N) is 3. The third-order valence-electron chi connectivity index (χ3n) is 13.0. The van der Waals surface area contributed by atoms with Crippen LogP contribution in [0.4, 0.5) is 0 Å². The second-order valence-corrected chi connectivity index (χ2v) is 16.2. The molecule has 0 saturated heterocycles. The van der Waals surface area contributed by atoms with Gasteiger partial charge >= 0.3 is 0 Å². The zero-order valence-corrected chi connectivity index (χ0v) is 33.5. The summed E-state index contributed by atoms with van der Waals surface area (Å²) in [7, 11) is 0. The average Bonchev–Trinajstić information content (AvgIpc) is 3.99. The number of fused-ring (bicyclic) bond motifs is 13. The lowest BCUT2D eigenvalue weighted by Gasteiger charge is -2.30. The third-order valence-corrected chi connectivity index (χ3v) is 13.0. The van der Waals surface area contributed by atoms with Gasteiger partial charge in [0.15, 0.2) is 17.5 Å². The second-order valence-electron chi connectivity index (χ2n) is 16.2. The number of para-hydroxylation sites is 2. The molecule has 4 nitrogen and oxygen atoms in total. The molecule has 0 fully saturated rings. The van der Waals surface area contributed by atoms with Gasteiger partial charge in [0.2, 0.25) is 0 Å². The van der Waals surface area contributed by atoms with Crippen LogP contribution >= 0.6 is 0 Å². The molecule has 11 aromatic rings. The van der Waals surface area contributed by atoms with Gasteiger partial charge in [0, 0.05) is 33.0 Å². The lowest BCUT2D eigenvalue weighted by Crippen LogP contribution is -2.25. The Morgan fingerprint density at radius 2 is 0.758 bits per heavy atom. The van der Waals surface area contributed by atoms with Crippen molar-refractivity contribution < 1.29 is 4.42 Å². The first-order valence-corrected chi connectivity index (χ1v) is 21.1. The highest BCUT2D eigenvalue weighted by molar-refractivity contribution is 6.10. The maximum Gasteiger partial charge on any atom is 0.164 e. The molecule has 2 heterocycles. The largest absolute Gasteiger partial charge is 0.455 e. The van der Waals surface area contributed by atoms with Crippen LogP contribution in [0.25, 0.3) is 101 Å². The van der Waals surface area contributed by atoms with Crippen molar-refractivity contribution in [3.05, 3.63) is 235 Å². The standard InChI is InChI=1S/C58H35N3O/c1-2-16-37(17-3-1)55-59-56(61-57(60-55)46-22-5-4-18-40(46)44-25-14-26-45-43-21-9-13-31-52(43)62-54(44)45)38-34-32-36(33-35-38)39-24-15-30-51-53(39)47-23-8-12-29-50(47)58(51)48-27-10-6-19-41(48)42-20-7-11-28-49(42)58/h1-35H. The molecule has 4 heteroatoms. The molecule has 0 atom stereocenters. The Morgan fingerprint density at radius 3 is 1.48 bits per heavy atom. The van der Waals surface area contributed by atoms with Crippen LogP contribution < -0.4 is 0 Å². The Hall–Kier alpha value is -8.21. The summed E-state index contributed by atoms with van der Waals surface area (Å²) in [5.41, 5.74) is 18.9. The summed E-state index contributed by atoms with van der Waals surface area (Å²) < 4.78 is 6.51. The van der Waals surface area contributed by atoms with Crippen molar-refractivity contribution >= 4 is 21.9 Å². The second kappa shape index (κ2) is 13.4. The predicted molar refractivity (Wildman–Crippen MR) is 251 cm³/mol.